The number of amides is 1. The Morgan fingerprint density at radius 1 is 1.50 bits per heavy atom. The van der Waals surface area contributed by atoms with Gasteiger partial charge < -0.3 is 10.1 Å². The van der Waals surface area contributed by atoms with Gasteiger partial charge in [-0.2, -0.15) is 0 Å². The van der Waals surface area contributed by atoms with Crippen LogP contribution in [0, 0.1) is 0 Å². The van der Waals surface area contributed by atoms with Crippen molar-refractivity contribution in [1.29, 1.82) is 0 Å². The molecule has 0 saturated carbocycles. The standard InChI is InChI=1S/C13H16N2O3/c1-7(2)11-9(13(17)18-3)6-8-10(15-11)4-5-14-12(8)16/h6-7H,4-5H2,1-3H3,(H,14,16). The van der Waals surface area contributed by atoms with Gasteiger partial charge in [0.15, 0.2) is 0 Å². The lowest BCUT2D eigenvalue weighted by molar-refractivity contribution is 0.0598. The number of nitrogens with one attached hydrogen (secondary N) is 1. The highest BCUT2D eigenvalue weighted by Gasteiger charge is 2.24. The summed E-state index contributed by atoms with van der Waals surface area (Å²) >= 11 is 0. The van der Waals surface area contributed by atoms with Crippen molar-refractivity contribution in [1.82, 2.24) is 10.3 Å². The molecule has 0 atom stereocenters. The number of carbonyl (C=O) groups is 2. The van der Waals surface area contributed by atoms with E-state index >= 15 is 0 Å². The monoisotopic (exact) mass is 248 g/mol. The molecule has 1 aliphatic rings. The molecule has 96 valence electrons. The molecule has 5 nitrogen and oxygen atoms in total. The molecule has 18 heavy (non-hydrogen) atoms. The normalized spacial score (nSPS) is 14.1. The maximum absolute atomic E-state index is 11.7. The van der Waals surface area contributed by atoms with Gasteiger partial charge in [-0.3, -0.25) is 9.78 Å². The molecule has 2 heterocycles. The van der Waals surface area contributed by atoms with E-state index in [1.165, 1.54) is 7.11 Å². The second-order valence-electron chi connectivity index (χ2n) is 4.57. The molecule has 1 aliphatic heterocycles. The van der Waals surface area contributed by atoms with Crippen LogP contribution in [0.4, 0.5) is 0 Å². The maximum Gasteiger partial charge on any atom is 0.339 e. The molecule has 1 N–H and O–H groups in total. The molecule has 0 spiro atoms. The number of aromatic nitrogens is 1. The van der Waals surface area contributed by atoms with E-state index in [2.05, 4.69) is 10.3 Å². The molecule has 0 saturated heterocycles. The largest absolute Gasteiger partial charge is 0.465 e. The molecule has 1 aromatic heterocycles. The summed E-state index contributed by atoms with van der Waals surface area (Å²) < 4.78 is 4.74. The number of ether oxygens (including phenoxy) is 1. The fraction of sp³-hybridized carbons (Fsp3) is 0.462. The van der Waals surface area contributed by atoms with Crippen molar-refractivity contribution >= 4 is 11.9 Å². The highest BCUT2D eigenvalue weighted by Crippen LogP contribution is 2.23. The first-order valence-corrected chi connectivity index (χ1v) is 5.95. The summed E-state index contributed by atoms with van der Waals surface area (Å²) in [4.78, 5) is 27.9. The Kier molecular flexibility index (Phi) is 3.32. The van der Waals surface area contributed by atoms with Crippen molar-refractivity contribution in [3.8, 4) is 0 Å². The van der Waals surface area contributed by atoms with Crippen LogP contribution in [0.2, 0.25) is 0 Å². The quantitative estimate of drug-likeness (QED) is 0.800. The summed E-state index contributed by atoms with van der Waals surface area (Å²) in [6, 6.07) is 1.60. The first kappa shape index (κ1) is 12.5. The summed E-state index contributed by atoms with van der Waals surface area (Å²) in [5, 5.41) is 2.74. The summed E-state index contributed by atoms with van der Waals surface area (Å²) in [7, 11) is 1.33. The van der Waals surface area contributed by atoms with Crippen molar-refractivity contribution in [3.63, 3.8) is 0 Å². The molecule has 0 aromatic carbocycles. The van der Waals surface area contributed by atoms with Gasteiger partial charge in [0.1, 0.15) is 0 Å². The van der Waals surface area contributed by atoms with Gasteiger partial charge in [0.2, 0.25) is 0 Å². The van der Waals surface area contributed by atoms with E-state index in [0.29, 0.717) is 29.8 Å². The van der Waals surface area contributed by atoms with Crippen molar-refractivity contribution in [2.24, 2.45) is 0 Å². The van der Waals surface area contributed by atoms with E-state index in [1.807, 2.05) is 13.8 Å². The van der Waals surface area contributed by atoms with Gasteiger partial charge in [0.05, 0.1) is 29.6 Å². The van der Waals surface area contributed by atoms with E-state index in [-0.39, 0.29) is 11.8 Å². The lowest BCUT2D eigenvalue weighted by atomic mass is 9.97. The van der Waals surface area contributed by atoms with E-state index in [1.54, 1.807) is 6.07 Å². The third-order valence-electron chi connectivity index (χ3n) is 2.98. The van der Waals surface area contributed by atoms with E-state index in [4.69, 9.17) is 4.74 Å². The lowest BCUT2D eigenvalue weighted by Crippen LogP contribution is -2.33. The van der Waals surface area contributed by atoms with Gasteiger partial charge in [-0.1, -0.05) is 13.8 Å². The average molecular weight is 248 g/mol. The second kappa shape index (κ2) is 4.76. The molecule has 5 heteroatoms. The summed E-state index contributed by atoms with van der Waals surface area (Å²) in [6.45, 7) is 4.52. The zero-order valence-electron chi connectivity index (χ0n) is 10.7. The Labute approximate surface area is 106 Å². The first-order valence-electron chi connectivity index (χ1n) is 5.95. The van der Waals surface area contributed by atoms with Crippen LogP contribution in [0.3, 0.4) is 0 Å². The van der Waals surface area contributed by atoms with Gasteiger partial charge in [-0.05, 0) is 12.0 Å². The summed E-state index contributed by atoms with van der Waals surface area (Å²) in [5.41, 5.74) is 2.31. The van der Waals surface area contributed by atoms with Gasteiger partial charge in [0, 0.05) is 13.0 Å². The minimum absolute atomic E-state index is 0.106. The summed E-state index contributed by atoms with van der Waals surface area (Å²) in [5.74, 6) is -0.522. The van der Waals surface area contributed by atoms with Crippen LogP contribution < -0.4 is 5.32 Å². The number of carbonyl (C=O) groups excluding carboxylic acids is 2. The average Bonchev–Trinajstić information content (AvgIpc) is 2.37. The van der Waals surface area contributed by atoms with Crippen molar-refractivity contribution in [2.45, 2.75) is 26.2 Å². The second-order valence-corrected chi connectivity index (χ2v) is 4.57. The molecule has 0 aliphatic carbocycles. The Morgan fingerprint density at radius 2 is 2.22 bits per heavy atom. The number of hydrogen-bond donors (Lipinski definition) is 1. The molecule has 0 bridgehead atoms. The van der Waals surface area contributed by atoms with Crippen LogP contribution in [-0.2, 0) is 11.2 Å². The van der Waals surface area contributed by atoms with Crippen molar-refractivity contribution in [2.75, 3.05) is 13.7 Å². The smallest absolute Gasteiger partial charge is 0.339 e. The van der Waals surface area contributed by atoms with Gasteiger partial charge in [-0.15, -0.1) is 0 Å². The van der Waals surface area contributed by atoms with Gasteiger partial charge in [0.25, 0.3) is 5.91 Å². The van der Waals surface area contributed by atoms with Crippen LogP contribution in [0.1, 0.15) is 51.9 Å². The summed E-state index contributed by atoms with van der Waals surface area (Å²) in [6.07, 6.45) is 0.697. The van der Waals surface area contributed by atoms with Crippen LogP contribution in [0.25, 0.3) is 0 Å². The Hall–Kier alpha value is -1.91. The van der Waals surface area contributed by atoms with E-state index in [0.717, 1.165) is 5.69 Å². The van der Waals surface area contributed by atoms with E-state index in [9.17, 15) is 9.59 Å². The fourth-order valence-corrected chi connectivity index (χ4v) is 2.06. The molecular formula is C13H16N2O3. The Balaban J connectivity index is 2.60. The molecule has 0 radical (unpaired) electrons. The zero-order valence-corrected chi connectivity index (χ0v) is 10.7. The Morgan fingerprint density at radius 3 is 2.83 bits per heavy atom. The van der Waals surface area contributed by atoms with Crippen LogP contribution >= 0.6 is 0 Å². The molecule has 1 amide bonds. The maximum atomic E-state index is 11.7. The first-order chi connectivity index (χ1) is 8.54. The molecule has 0 unspecified atom stereocenters. The predicted octanol–water partition coefficient (Wildman–Crippen LogP) is 1.28. The van der Waals surface area contributed by atoms with E-state index < -0.39 is 5.97 Å². The SMILES string of the molecule is COC(=O)c1cc2c(nc1C(C)C)CCNC2=O. The number of methoxy groups -OCH3 is 1. The fourth-order valence-electron chi connectivity index (χ4n) is 2.06. The van der Waals surface area contributed by atoms with Crippen LogP contribution in [0.5, 0.6) is 0 Å². The zero-order chi connectivity index (χ0) is 13.3. The number of nitrogens with zero attached hydrogens (tertiary/aromatic N) is 1. The van der Waals surface area contributed by atoms with Crippen molar-refractivity contribution < 1.29 is 14.3 Å². The molecule has 2 rings (SSSR count). The highest BCUT2D eigenvalue weighted by atomic mass is 16.5. The van der Waals surface area contributed by atoms with Gasteiger partial charge >= 0.3 is 5.97 Å². The van der Waals surface area contributed by atoms with Gasteiger partial charge in [-0.25, -0.2) is 4.79 Å². The van der Waals surface area contributed by atoms with Crippen LogP contribution in [0.15, 0.2) is 6.07 Å². The molecule has 1 aromatic rings. The highest BCUT2D eigenvalue weighted by molar-refractivity contribution is 5.99. The predicted molar refractivity (Wildman–Crippen MR) is 65.7 cm³/mol. The third-order valence-corrected chi connectivity index (χ3v) is 2.98. The topological polar surface area (TPSA) is 68.3 Å². The minimum Gasteiger partial charge on any atom is -0.465 e. The molecule has 0 fully saturated rings. The number of pyridine rings is 1. The van der Waals surface area contributed by atoms with Crippen molar-refractivity contribution in [3.05, 3.63) is 28.6 Å². The lowest BCUT2D eigenvalue weighted by Gasteiger charge is -2.19. The third kappa shape index (κ3) is 2.08. The number of esters is 1. The molecular weight excluding hydrogens is 232 g/mol. The Bertz CT molecular complexity index is 509. The minimum atomic E-state index is -0.452. The number of fused-ring (bicyclic) bond motifs is 1. The van der Waals surface area contributed by atoms with Crippen LogP contribution in [-0.4, -0.2) is 30.5 Å². The number of rotatable bonds is 2. The number of hydrogen-bond acceptors (Lipinski definition) is 4.